The van der Waals surface area contributed by atoms with E-state index in [1.54, 1.807) is 0 Å². The first kappa shape index (κ1) is 20.6. The van der Waals surface area contributed by atoms with Gasteiger partial charge in [-0.05, 0) is 74.0 Å². The Hall–Kier alpha value is -1.12. The largest absolute Gasteiger partial charge is 0.490 e. The average Bonchev–Trinajstić information content (AvgIpc) is 2.69. The van der Waals surface area contributed by atoms with Gasteiger partial charge in [-0.15, -0.1) is 0 Å². The molecule has 0 bridgehead atoms. The van der Waals surface area contributed by atoms with Crippen LogP contribution in [0.3, 0.4) is 0 Å². The van der Waals surface area contributed by atoms with Crippen LogP contribution >= 0.6 is 0 Å². The smallest absolute Gasteiger partial charge is 0.136 e. The van der Waals surface area contributed by atoms with Gasteiger partial charge in [0.25, 0.3) is 0 Å². The van der Waals surface area contributed by atoms with Crippen LogP contribution in [-0.4, -0.2) is 6.10 Å². The van der Waals surface area contributed by atoms with Crippen molar-refractivity contribution in [2.75, 3.05) is 0 Å². The summed E-state index contributed by atoms with van der Waals surface area (Å²) in [5, 5.41) is 0. The van der Waals surface area contributed by atoms with Crippen LogP contribution in [0.25, 0.3) is 0 Å². The second-order valence-electron chi connectivity index (χ2n) is 8.66. The Balaban J connectivity index is 1.72. The Kier molecular flexibility index (Phi) is 7.55. The number of fused-ring (bicyclic) bond motifs is 1. The average molecular weight is 379 g/mol. The molecule has 0 N–H and O–H groups in total. The van der Waals surface area contributed by atoms with E-state index in [-0.39, 0.29) is 23.4 Å². The minimum Gasteiger partial charge on any atom is -0.490 e. The van der Waals surface area contributed by atoms with Crippen LogP contribution in [0.2, 0.25) is 0 Å². The number of halogens is 2. The summed E-state index contributed by atoms with van der Waals surface area (Å²) in [7, 11) is 0. The lowest BCUT2D eigenvalue weighted by atomic mass is 9.76. The maximum absolute atomic E-state index is 15.2. The van der Waals surface area contributed by atoms with Gasteiger partial charge >= 0.3 is 0 Å². The fourth-order valence-electron chi connectivity index (χ4n) is 5.05. The van der Waals surface area contributed by atoms with Gasteiger partial charge in [0.2, 0.25) is 0 Å². The van der Waals surface area contributed by atoms with Crippen LogP contribution in [0.4, 0.5) is 8.78 Å². The third-order valence-electron chi connectivity index (χ3n) is 6.68. The number of alkyl halides is 1. The summed E-state index contributed by atoms with van der Waals surface area (Å²) in [6.07, 6.45) is 13.6. The molecular weight excluding hydrogens is 342 g/mol. The van der Waals surface area contributed by atoms with Crippen molar-refractivity contribution in [1.29, 1.82) is 0 Å². The second kappa shape index (κ2) is 9.89. The summed E-state index contributed by atoms with van der Waals surface area (Å²) in [6, 6.07) is 2.01. The summed E-state index contributed by atoms with van der Waals surface area (Å²) in [4.78, 5) is 0. The topological polar surface area (TPSA) is 9.23 Å². The molecule has 1 aromatic carbocycles. The maximum Gasteiger partial charge on any atom is 0.136 e. The number of rotatable bonds is 8. The lowest BCUT2D eigenvalue weighted by Crippen LogP contribution is -2.24. The number of benzene rings is 1. The van der Waals surface area contributed by atoms with Crippen molar-refractivity contribution in [3.63, 3.8) is 0 Å². The van der Waals surface area contributed by atoms with Gasteiger partial charge < -0.3 is 4.74 Å². The van der Waals surface area contributed by atoms with Crippen molar-refractivity contribution < 1.29 is 13.5 Å². The summed E-state index contributed by atoms with van der Waals surface area (Å²) in [6.45, 7) is 3.59. The molecule has 1 aliphatic heterocycles. The zero-order valence-electron chi connectivity index (χ0n) is 17.2. The van der Waals surface area contributed by atoms with E-state index in [1.807, 2.05) is 6.07 Å². The van der Waals surface area contributed by atoms with E-state index in [2.05, 4.69) is 13.8 Å². The molecule has 3 heteroatoms. The highest BCUT2D eigenvalue weighted by atomic mass is 19.1. The van der Waals surface area contributed by atoms with Gasteiger partial charge in [0.05, 0.1) is 11.7 Å². The highest BCUT2D eigenvalue weighted by Gasteiger charge is 2.30. The zero-order chi connectivity index (χ0) is 19.2. The molecular formula is C24H36F2O. The lowest BCUT2D eigenvalue weighted by molar-refractivity contribution is 0.158. The van der Waals surface area contributed by atoms with E-state index in [4.69, 9.17) is 4.74 Å². The molecule has 0 aromatic heterocycles. The predicted octanol–water partition coefficient (Wildman–Crippen LogP) is 7.64. The van der Waals surface area contributed by atoms with Crippen molar-refractivity contribution in [3.05, 3.63) is 28.6 Å². The quantitative estimate of drug-likeness (QED) is 0.422. The first-order chi connectivity index (χ1) is 13.2. The molecule has 0 spiro atoms. The number of ether oxygens (including phenoxy) is 1. The number of hydrogen-bond donors (Lipinski definition) is 0. The minimum absolute atomic E-state index is 0.108. The highest BCUT2D eigenvalue weighted by Crippen LogP contribution is 2.43. The van der Waals surface area contributed by atoms with Gasteiger partial charge in [-0.1, -0.05) is 46.0 Å². The molecule has 1 heterocycles. The third-order valence-corrected chi connectivity index (χ3v) is 6.68. The van der Waals surface area contributed by atoms with Crippen molar-refractivity contribution in [2.45, 2.75) is 110 Å². The SMILES string of the molecule is CCCCCC1CCC(c2cc3c(c(CF)c2F)OC(CCC)CC3)CC1. The van der Waals surface area contributed by atoms with E-state index < -0.39 is 6.67 Å². The van der Waals surface area contributed by atoms with E-state index in [1.165, 1.54) is 38.5 Å². The van der Waals surface area contributed by atoms with Crippen molar-refractivity contribution in [2.24, 2.45) is 5.92 Å². The first-order valence-corrected chi connectivity index (χ1v) is 11.2. The van der Waals surface area contributed by atoms with Gasteiger partial charge in [-0.2, -0.15) is 0 Å². The standard InChI is InChI=1S/C24H36F2O/c1-3-5-6-8-17-9-11-18(12-10-17)21-15-19-13-14-20(7-4-2)27-24(19)22(16-25)23(21)26/h15,17-18,20H,3-14,16H2,1-2H3. The molecule has 1 nitrogen and oxygen atoms in total. The van der Waals surface area contributed by atoms with Crippen molar-refractivity contribution in [1.82, 2.24) is 0 Å². The number of unbranched alkanes of at least 4 members (excludes halogenated alkanes) is 2. The fourth-order valence-corrected chi connectivity index (χ4v) is 5.05. The Morgan fingerprint density at radius 1 is 1.00 bits per heavy atom. The molecule has 0 radical (unpaired) electrons. The molecule has 0 saturated heterocycles. The Morgan fingerprint density at radius 3 is 2.44 bits per heavy atom. The van der Waals surface area contributed by atoms with Crippen LogP contribution < -0.4 is 4.74 Å². The normalized spacial score (nSPS) is 25.1. The summed E-state index contributed by atoms with van der Waals surface area (Å²) >= 11 is 0. The highest BCUT2D eigenvalue weighted by molar-refractivity contribution is 5.48. The Bertz CT molecular complexity index is 605. The van der Waals surface area contributed by atoms with Gasteiger partial charge in [-0.3, -0.25) is 0 Å². The minimum atomic E-state index is -0.771. The molecule has 27 heavy (non-hydrogen) atoms. The molecule has 2 aliphatic rings. The predicted molar refractivity (Wildman–Crippen MR) is 108 cm³/mol. The second-order valence-corrected chi connectivity index (χ2v) is 8.66. The zero-order valence-corrected chi connectivity index (χ0v) is 17.2. The fraction of sp³-hybridized carbons (Fsp3) is 0.750. The van der Waals surface area contributed by atoms with Crippen LogP contribution in [0.15, 0.2) is 6.07 Å². The monoisotopic (exact) mass is 378 g/mol. The molecule has 1 aromatic rings. The van der Waals surface area contributed by atoms with E-state index in [9.17, 15) is 4.39 Å². The summed E-state index contributed by atoms with van der Waals surface area (Å²) in [5.74, 6) is 1.23. The maximum atomic E-state index is 15.2. The molecule has 1 aliphatic carbocycles. The van der Waals surface area contributed by atoms with Crippen LogP contribution in [-0.2, 0) is 13.1 Å². The molecule has 1 saturated carbocycles. The van der Waals surface area contributed by atoms with Gasteiger partial charge in [-0.25, -0.2) is 8.78 Å². The molecule has 1 atom stereocenters. The van der Waals surface area contributed by atoms with Crippen molar-refractivity contribution in [3.8, 4) is 5.75 Å². The van der Waals surface area contributed by atoms with E-state index in [0.717, 1.165) is 55.6 Å². The van der Waals surface area contributed by atoms with Crippen LogP contribution in [0.5, 0.6) is 5.75 Å². The van der Waals surface area contributed by atoms with Crippen LogP contribution in [0, 0.1) is 11.7 Å². The van der Waals surface area contributed by atoms with Gasteiger partial charge in [0, 0.05) is 0 Å². The molecule has 3 rings (SSSR count). The molecule has 152 valence electrons. The van der Waals surface area contributed by atoms with Gasteiger partial charge in [0.15, 0.2) is 0 Å². The number of hydrogen-bond acceptors (Lipinski definition) is 1. The summed E-state index contributed by atoms with van der Waals surface area (Å²) in [5.41, 5.74) is 1.95. The Labute approximate surface area is 163 Å². The molecule has 1 unspecified atom stereocenters. The van der Waals surface area contributed by atoms with Gasteiger partial charge in [0.1, 0.15) is 18.2 Å². The Morgan fingerprint density at radius 2 is 1.78 bits per heavy atom. The number of aryl methyl sites for hydroxylation is 1. The lowest BCUT2D eigenvalue weighted by Gasteiger charge is -2.32. The third kappa shape index (κ3) is 4.84. The van der Waals surface area contributed by atoms with Crippen molar-refractivity contribution >= 4 is 0 Å². The van der Waals surface area contributed by atoms with Crippen LogP contribution in [0.1, 0.15) is 107 Å². The molecule has 0 amide bonds. The molecule has 1 fully saturated rings. The summed E-state index contributed by atoms with van der Waals surface area (Å²) < 4.78 is 34.9. The van der Waals surface area contributed by atoms with E-state index in [0.29, 0.717) is 5.75 Å². The van der Waals surface area contributed by atoms with E-state index >= 15 is 4.39 Å². The first-order valence-electron chi connectivity index (χ1n) is 11.2.